The van der Waals surface area contributed by atoms with Gasteiger partial charge in [0.05, 0.1) is 17.7 Å². The van der Waals surface area contributed by atoms with Crippen LogP contribution in [-0.4, -0.2) is 11.0 Å². The number of aromatic nitrogens is 1. The summed E-state index contributed by atoms with van der Waals surface area (Å²) < 4.78 is 5.92. The highest BCUT2D eigenvalue weighted by atomic mass is 79.9. The Morgan fingerprint density at radius 1 is 1.26 bits per heavy atom. The van der Waals surface area contributed by atoms with Crippen molar-refractivity contribution in [2.24, 2.45) is 0 Å². The smallest absolute Gasteiger partial charge is 0.152 e. The molecule has 0 amide bonds. The van der Waals surface area contributed by atoms with E-state index in [-0.39, 0.29) is 5.56 Å². The highest BCUT2D eigenvalue weighted by Gasteiger charge is 2.12. The number of fused-ring (bicyclic) bond motifs is 1. The lowest BCUT2D eigenvalue weighted by atomic mass is 10.1. The molecule has 1 aromatic carbocycles. The normalized spacial score (nSPS) is 10.8. The fourth-order valence-electron chi connectivity index (χ4n) is 1.96. The maximum atomic E-state index is 11.3. The van der Waals surface area contributed by atoms with E-state index in [1.807, 2.05) is 0 Å². The molecular weight excluding hydrogens is 310 g/mol. The van der Waals surface area contributed by atoms with Crippen molar-refractivity contribution in [2.45, 2.75) is 0 Å². The van der Waals surface area contributed by atoms with Gasteiger partial charge in [0.2, 0.25) is 0 Å². The van der Waals surface area contributed by atoms with Gasteiger partial charge in [-0.05, 0) is 30.3 Å². The summed E-state index contributed by atoms with van der Waals surface area (Å²) in [7, 11) is 0. The van der Waals surface area contributed by atoms with E-state index in [0.717, 1.165) is 0 Å². The third kappa shape index (κ3) is 2.02. The second-order valence-corrected chi connectivity index (χ2v) is 4.81. The molecule has 0 saturated heterocycles. The van der Waals surface area contributed by atoms with E-state index in [4.69, 9.17) is 4.42 Å². The van der Waals surface area contributed by atoms with Crippen LogP contribution in [0.5, 0.6) is 0 Å². The van der Waals surface area contributed by atoms with Gasteiger partial charge in [0.15, 0.2) is 5.76 Å². The maximum Gasteiger partial charge on any atom is 0.152 e. The molecule has 0 aliphatic heterocycles. The van der Waals surface area contributed by atoms with Crippen LogP contribution in [0.3, 0.4) is 0 Å². The number of halogens is 1. The third-order valence-electron chi connectivity index (χ3n) is 2.78. The first kappa shape index (κ1) is 11.9. The fraction of sp³-hybridized carbons (Fsp3) is 0. The van der Waals surface area contributed by atoms with Crippen LogP contribution in [0.1, 0.15) is 10.4 Å². The van der Waals surface area contributed by atoms with Crippen molar-refractivity contribution in [1.82, 2.24) is 4.98 Å². The van der Waals surface area contributed by atoms with Crippen molar-refractivity contribution in [2.75, 3.05) is 0 Å². The largest absolute Gasteiger partial charge is 0.545 e. The minimum Gasteiger partial charge on any atom is -0.545 e. The monoisotopic (exact) mass is 316 g/mol. The highest BCUT2D eigenvalue weighted by Crippen LogP contribution is 2.29. The van der Waals surface area contributed by atoms with Gasteiger partial charge in [-0.3, -0.25) is 0 Å². The zero-order valence-corrected chi connectivity index (χ0v) is 11.2. The summed E-state index contributed by atoms with van der Waals surface area (Å²) in [4.78, 5) is 15.7. The molecule has 3 aromatic rings. The number of aromatic carboxylic acids is 1. The summed E-state index contributed by atoms with van der Waals surface area (Å²) >= 11 is 3.33. The lowest BCUT2D eigenvalue weighted by molar-refractivity contribution is -0.254. The lowest BCUT2D eigenvalue weighted by Crippen LogP contribution is -2.23. The van der Waals surface area contributed by atoms with Crippen LogP contribution >= 0.6 is 15.9 Å². The van der Waals surface area contributed by atoms with Crippen molar-refractivity contribution in [3.8, 4) is 11.5 Å². The van der Waals surface area contributed by atoms with Crippen LogP contribution in [0, 0.1) is 0 Å². The summed E-state index contributed by atoms with van der Waals surface area (Å²) in [5.41, 5.74) is 1.13. The van der Waals surface area contributed by atoms with Gasteiger partial charge in [0.1, 0.15) is 5.69 Å². The molecule has 94 valence electrons. The molecule has 0 radical (unpaired) electrons. The molecule has 0 aliphatic rings. The number of furan rings is 1. The number of carbonyl (C=O) groups excluding carboxylic acids is 1. The minimum absolute atomic E-state index is 0.0869. The molecule has 0 fully saturated rings. The molecule has 0 bridgehead atoms. The van der Waals surface area contributed by atoms with Gasteiger partial charge in [-0.15, -0.1) is 0 Å². The Morgan fingerprint density at radius 3 is 2.79 bits per heavy atom. The molecule has 0 N–H and O–H groups in total. The maximum absolute atomic E-state index is 11.3. The molecule has 0 unspecified atom stereocenters. The summed E-state index contributed by atoms with van der Waals surface area (Å²) in [6.45, 7) is 0. The number of hydrogen-bond acceptors (Lipinski definition) is 4. The fourth-order valence-corrected chi connectivity index (χ4v) is 2.52. The minimum atomic E-state index is -1.24. The van der Waals surface area contributed by atoms with Gasteiger partial charge in [0.25, 0.3) is 0 Å². The number of pyridine rings is 1. The molecule has 5 heteroatoms. The second kappa shape index (κ2) is 4.51. The van der Waals surface area contributed by atoms with Gasteiger partial charge < -0.3 is 14.3 Å². The van der Waals surface area contributed by atoms with Crippen LogP contribution in [0.4, 0.5) is 0 Å². The summed E-state index contributed by atoms with van der Waals surface area (Å²) in [6.07, 6.45) is 1.51. The first-order valence-corrected chi connectivity index (χ1v) is 6.30. The summed E-state index contributed by atoms with van der Waals surface area (Å²) in [6, 6.07) is 10.2. The van der Waals surface area contributed by atoms with Crippen LogP contribution < -0.4 is 5.11 Å². The Balaban J connectivity index is 2.38. The number of nitrogens with zero attached hydrogens (tertiary/aromatic N) is 1. The molecule has 19 heavy (non-hydrogen) atoms. The third-order valence-corrected chi connectivity index (χ3v) is 3.44. The van der Waals surface area contributed by atoms with Gasteiger partial charge in [0, 0.05) is 15.4 Å². The topological polar surface area (TPSA) is 66.2 Å². The van der Waals surface area contributed by atoms with Crippen molar-refractivity contribution < 1.29 is 14.3 Å². The van der Waals surface area contributed by atoms with E-state index < -0.39 is 5.97 Å². The predicted molar refractivity (Wildman–Crippen MR) is 71.5 cm³/mol. The van der Waals surface area contributed by atoms with E-state index in [2.05, 4.69) is 20.9 Å². The van der Waals surface area contributed by atoms with Crippen molar-refractivity contribution in [3.05, 3.63) is 52.7 Å². The number of rotatable bonds is 2. The Hall–Kier alpha value is -2.14. The molecule has 4 nitrogen and oxygen atoms in total. The van der Waals surface area contributed by atoms with Gasteiger partial charge in [-0.1, -0.05) is 22.0 Å². The zero-order valence-electron chi connectivity index (χ0n) is 9.59. The summed E-state index contributed by atoms with van der Waals surface area (Å²) in [5, 5.41) is 11.8. The van der Waals surface area contributed by atoms with E-state index in [0.29, 0.717) is 26.8 Å². The van der Waals surface area contributed by atoms with E-state index in [1.54, 1.807) is 30.3 Å². The Labute approximate surface area is 116 Å². The quantitative estimate of drug-likeness (QED) is 0.729. The van der Waals surface area contributed by atoms with E-state index in [1.165, 1.54) is 12.3 Å². The van der Waals surface area contributed by atoms with Crippen molar-refractivity contribution >= 4 is 32.8 Å². The van der Waals surface area contributed by atoms with Crippen molar-refractivity contribution in [3.63, 3.8) is 0 Å². The zero-order chi connectivity index (χ0) is 13.4. The molecule has 2 aromatic heterocycles. The number of carboxylic acid groups (broad SMARTS) is 1. The Morgan fingerprint density at radius 2 is 2.11 bits per heavy atom. The molecule has 3 rings (SSSR count). The average molecular weight is 317 g/mol. The van der Waals surface area contributed by atoms with Gasteiger partial charge >= 0.3 is 0 Å². The Bertz CT molecular complexity index is 766. The van der Waals surface area contributed by atoms with Crippen LogP contribution in [-0.2, 0) is 0 Å². The molecule has 0 atom stereocenters. The second-order valence-electron chi connectivity index (χ2n) is 3.95. The lowest BCUT2D eigenvalue weighted by Gasteiger charge is -2.10. The molecular formula is C14H7BrNO3-. The SMILES string of the molecule is O=C([O-])c1cc(-c2ccco2)nc2cccc(Br)c12. The first-order chi connectivity index (χ1) is 9.16. The number of benzene rings is 1. The molecule has 2 heterocycles. The average Bonchev–Trinajstić information content (AvgIpc) is 2.91. The molecule has 0 spiro atoms. The number of hydrogen-bond donors (Lipinski definition) is 0. The van der Waals surface area contributed by atoms with Gasteiger partial charge in [-0.25, -0.2) is 4.98 Å². The molecule has 0 saturated carbocycles. The molecule has 0 aliphatic carbocycles. The van der Waals surface area contributed by atoms with Crippen molar-refractivity contribution in [1.29, 1.82) is 0 Å². The number of carbonyl (C=O) groups is 1. The van der Waals surface area contributed by atoms with E-state index in [9.17, 15) is 9.90 Å². The van der Waals surface area contributed by atoms with Crippen LogP contribution in [0.2, 0.25) is 0 Å². The van der Waals surface area contributed by atoms with E-state index >= 15 is 0 Å². The summed E-state index contributed by atoms with van der Waals surface area (Å²) in [5.74, 6) is -0.725. The highest BCUT2D eigenvalue weighted by molar-refractivity contribution is 9.10. The van der Waals surface area contributed by atoms with Gasteiger partial charge in [-0.2, -0.15) is 0 Å². The number of carboxylic acids is 1. The van der Waals surface area contributed by atoms with Crippen LogP contribution in [0.25, 0.3) is 22.4 Å². The van der Waals surface area contributed by atoms with Crippen LogP contribution in [0.15, 0.2) is 51.6 Å². The Kier molecular flexibility index (Phi) is 2.83. The predicted octanol–water partition coefficient (Wildman–Crippen LogP) is 2.62. The first-order valence-electron chi connectivity index (χ1n) is 5.51. The standard InChI is InChI=1S/C14H8BrNO3/c15-9-3-1-4-10-13(9)8(14(17)18)7-11(16-10)12-5-2-6-19-12/h1-7H,(H,17,18)/p-1.